The molecule has 1 amide bonds. The Balaban J connectivity index is 0.00000280. The number of nitrogens with one attached hydrogen (secondary N) is 1. The van der Waals surface area contributed by atoms with E-state index >= 15 is 0 Å². The van der Waals surface area contributed by atoms with Gasteiger partial charge in [0, 0.05) is 12.7 Å². The molecule has 0 spiro atoms. The minimum atomic E-state index is -3.54. The maximum absolute atomic E-state index is 12.3. The number of hydrogen-bond acceptors (Lipinski definition) is 4. The molecule has 0 radical (unpaired) electrons. The van der Waals surface area contributed by atoms with E-state index in [1.165, 1.54) is 12.1 Å². The van der Waals surface area contributed by atoms with Crippen LogP contribution in [0.15, 0.2) is 52.4 Å². The summed E-state index contributed by atoms with van der Waals surface area (Å²) in [6, 6.07) is 12.6. The molecule has 0 fully saturated rings. The Hall–Kier alpha value is -2.91. The van der Waals surface area contributed by atoms with Crippen molar-refractivity contribution in [3.05, 3.63) is 59.4 Å². The van der Waals surface area contributed by atoms with Crippen molar-refractivity contribution in [1.29, 1.82) is 0 Å². The molecule has 0 unspecified atom stereocenters. The smallest absolute Gasteiger partial charge is 0.282 e. The van der Waals surface area contributed by atoms with Crippen LogP contribution in [0.3, 0.4) is 0 Å². The van der Waals surface area contributed by atoms with Crippen molar-refractivity contribution in [2.45, 2.75) is 17.7 Å². The van der Waals surface area contributed by atoms with E-state index in [1.54, 1.807) is 0 Å². The standard InChI is InChI=1S/C18H19N5O3S.ClH/c1-27(25,26)12-9-13(17(24)23-18(19)20)16-14(10-12)21-15(22-16)8-7-11-5-3-2-4-6-11;/h2-6,9-10H,7-8H2,1H3,(H,21,22)(H4,19,20,23,24);1H. The van der Waals surface area contributed by atoms with Crippen LogP contribution in [-0.4, -0.2) is 36.5 Å². The van der Waals surface area contributed by atoms with Crippen LogP contribution in [0.5, 0.6) is 0 Å². The summed E-state index contributed by atoms with van der Waals surface area (Å²) < 4.78 is 23.9. The quantitative estimate of drug-likeness (QED) is 0.421. The summed E-state index contributed by atoms with van der Waals surface area (Å²) in [5.41, 5.74) is 12.5. The van der Waals surface area contributed by atoms with Crippen LogP contribution >= 0.6 is 12.4 Å². The number of carbonyl (C=O) groups excluding carboxylic acids is 1. The molecule has 5 N–H and O–H groups in total. The second kappa shape index (κ2) is 8.41. The van der Waals surface area contributed by atoms with Crippen molar-refractivity contribution in [2.24, 2.45) is 16.5 Å². The lowest BCUT2D eigenvalue weighted by molar-refractivity contribution is 0.100. The average Bonchev–Trinajstić information content (AvgIpc) is 3.01. The highest BCUT2D eigenvalue weighted by Gasteiger charge is 2.19. The van der Waals surface area contributed by atoms with Crippen LogP contribution in [0.1, 0.15) is 21.7 Å². The van der Waals surface area contributed by atoms with E-state index in [2.05, 4.69) is 15.0 Å². The second-order valence-electron chi connectivity index (χ2n) is 6.15. The van der Waals surface area contributed by atoms with Gasteiger partial charge in [0.15, 0.2) is 15.8 Å². The number of sulfone groups is 1. The Kier molecular flexibility index (Phi) is 6.42. The van der Waals surface area contributed by atoms with Crippen LogP contribution < -0.4 is 11.5 Å². The summed E-state index contributed by atoms with van der Waals surface area (Å²) >= 11 is 0. The van der Waals surface area contributed by atoms with Gasteiger partial charge in [-0.2, -0.15) is 4.99 Å². The molecule has 0 saturated carbocycles. The SMILES string of the molecule is CS(=O)(=O)c1cc(C(=O)N=C(N)N)c2nc(CCc3ccccc3)[nH]c2c1.Cl. The first kappa shape index (κ1) is 21.4. The topological polar surface area (TPSA) is 144 Å². The lowest BCUT2D eigenvalue weighted by Crippen LogP contribution is -2.24. The molecule has 0 bridgehead atoms. The lowest BCUT2D eigenvalue weighted by Gasteiger charge is -2.03. The predicted molar refractivity (Wildman–Crippen MR) is 110 cm³/mol. The van der Waals surface area contributed by atoms with Crippen LogP contribution in [0.4, 0.5) is 0 Å². The summed E-state index contributed by atoms with van der Waals surface area (Å²) in [7, 11) is -3.54. The van der Waals surface area contributed by atoms with Gasteiger partial charge >= 0.3 is 0 Å². The number of amides is 1. The number of carbonyl (C=O) groups is 1. The van der Waals surface area contributed by atoms with E-state index < -0.39 is 21.7 Å². The van der Waals surface area contributed by atoms with E-state index in [1.807, 2.05) is 30.3 Å². The Labute approximate surface area is 168 Å². The summed E-state index contributed by atoms with van der Waals surface area (Å²) in [5.74, 6) is -0.511. The number of imidazole rings is 1. The number of benzene rings is 2. The largest absolute Gasteiger partial charge is 0.370 e. The monoisotopic (exact) mass is 421 g/mol. The maximum Gasteiger partial charge on any atom is 0.282 e. The molecular formula is C18H20ClN5O3S. The highest BCUT2D eigenvalue weighted by Crippen LogP contribution is 2.23. The fourth-order valence-corrected chi connectivity index (χ4v) is 3.39. The second-order valence-corrected chi connectivity index (χ2v) is 8.17. The van der Waals surface area contributed by atoms with Gasteiger partial charge in [-0.1, -0.05) is 30.3 Å². The molecular weight excluding hydrogens is 402 g/mol. The molecule has 28 heavy (non-hydrogen) atoms. The third kappa shape index (κ3) is 4.87. The lowest BCUT2D eigenvalue weighted by atomic mass is 10.1. The number of nitrogens with zero attached hydrogens (tertiary/aromatic N) is 2. The van der Waals surface area contributed by atoms with Crippen molar-refractivity contribution in [2.75, 3.05) is 6.26 Å². The van der Waals surface area contributed by atoms with Gasteiger partial charge in [0.05, 0.1) is 16.0 Å². The molecule has 0 aliphatic rings. The molecule has 1 aromatic heterocycles. The van der Waals surface area contributed by atoms with Gasteiger partial charge in [0.2, 0.25) is 0 Å². The van der Waals surface area contributed by atoms with Gasteiger partial charge in [0.25, 0.3) is 5.91 Å². The van der Waals surface area contributed by atoms with Crippen molar-refractivity contribution in [1.82, 2.24) is 9.97 Å². The Morgan fingerprint density at radius 3 is 2.43 bits per heavy atom. The van der Waals surface area contributed by atoms with E-state index in [0.29, 0.717) is 23.3 Å². The minimum absolute atomic E-state index is 0. The summed E-state index contributed by atoms with van der Waals surface area (Å²) in [6.45, 7) is 0. The molecule has 3 rings (SSSR count). The van der Waals surface area contributed by atoms with Crippen molar-refractivity contribution < 1.29 is 13.2 Å². The first-order valence-electron chi connectivity index (χ1n) is 8.14. The van der Waals surface area contributed by atoms with Gasteiger partial charge in [0.1, 0.15) is 11.3 Å². The number of guanidine groups is 1. The maximum atomic E-state index is 12.3. The number of aromatic nitrogens is 2. The van der Waals surface area contributed by atoms with Gasteiger partial charge in [-0.15, -0.1) is 12.4 Å². The van der Waals surface area contributed by atoms with Gasteiger partial charge in [-0.3, -0.25) is 4.79 Å². The summed E-state index contributed by atoms with van der Waals surface area (Å²) in [5, 5.41) is 0. The fourth-order valence-electron chi connectivity index (χ4n) is 2.72. The number of rotatable bonds is 5. The third-order valence-electron chi connectivity index (χ3n) is 3.99. The number of fused-ring (bicyclic) bond motifs is 1. The first-order chi connectivity index (χ1) is 12.7. The molecule has 2 aromatic carbocycles. The van der Waals surface area contributed by atoms with E-state index in [9.17, 15) is 13.2 Å². The average molecular weight is 422 g/mol. The number of aromatic amines is 1. The van der Waals surface area contributed by atoms with Gasteiger partial charge in [-0.25, -0.2) is 13.4 Å². The molecule has 8 nitrogen and oxygen atoms in total. The fraction of sp³-hybridized carbons (Fsp3) is 0.167. The van der Waals surface area contributed by atoms with Gasteiger partial charge in [-0.05, 0) is 24.1 Å². The molecule has 0 saturated heterocycles. The number of nitrogens with two attached hydrogens (primary N) is 2. The number of aliphatic imine (C=N–C) groups is 1. The molecule has 148 valence electrons. The third-order valence-corrected chi connectivity index (χ3v) is 5.08. The van der Waals surface area contributed by atoms with Crippen LogP contribution in [-0.2, 0) is 22.7 Å². The van der Waals surface area contributed by atoms with E-state index in [0.717, 1.165) is 18.2 Å². The zero-order valence-corrected chi connectivity index (χ0v) is 16.7. The molecule has 1 heterocycles. The molecule has 3 aromatic rings. The van der Waals surface area contributed by atoms with E-state index in [4.69, 9.17) is 11.5 Å². The van der Waals surface area contributed by atoms with Crippen LogP contribution in [0.25, 0.3) is 11.0 Å². The molecule has 0 atom stereocenters. The highest BCUT2D eigenvalue weighted by molar-refractivity contribution is 7.90. The molecule has 10 heteroatoms. The summed E-state index contributed by atoms with van der Waals surface area (Å²) in [6.07, 6.45) is 2.41. The Morgan fingerprint density at radius 1 is 1.14 bits per heavy atom. The first-order valence-corrected chi connectivity index (χ1v) is 10.0. The van der Waals surface area contributed by atoms with Crippen molar-refractivity contribution in [3.63, 3.8) is 0 Å². The Morgan fingerprint density at radius 2 is 1.82 bits per heavy atom. The molecule has 0 aliphatic carbocycles. The van der Waals surface area contributed by atoms with Crippen molar-refractivity contribution >= 4 is 45.1 Å². The highest BCUT2D eigenvalue weighted by atomic mass is 35.5. The van der Waals surface area contributed by atoms with Crippen LogP contribution in [0, 0.1) is 0 Å². The van der Waals surface area contributed by atoms with Gasteiger partial charge < -0.3 is 16.5 Å². The number of aryl methyl sites for hydroxylation is 2. The van der Waals surface area contributed by atoms with Crippen molar-refractivity contribution in [3.8, 4) is 0 Å². The number of H-pyrrole nitrogens is 1. The van der Waals surface area contributed by atoms with E-state index in [-0.39, 0.29) is 22.9 Å². The molecule has 0 aliphatic heterocycles. The Bertz CT molecular complexity index is 1140. The normalized spacial score (nSPS) is 11.0. The van der Waals surface area contributed by atoms with Crippen LogP contribution in [0.2, 0.25) is 0 Å². The minimum Gasteiger partial charge on any atom is -0.370 e. The zero-order valence-electron chi connectivity index (χ0n) is 15.0. The predicted octanol–water partition coefficient (Wildman–Crippen LogP) is 1.59. The zero-order chi connectivity index (χ0) is 19.6. The summed E-state index contributed by atoms with van der Waals surface area (Å²) in [4.78, 5) is 23.4. The number of halogens is 1. The number of hydrogen-bond donors (Lipinski definition) is 3.